The molecule has 3 N–H and O–H groups in total. The predicted molar refractivity (Wildman–Crippen MR) is 91.1 cm³/mol. The minimum atomic E-state index is -0.0733. The highest BCUT2D eigenvalue weighted by atomic mass is 32.2. The zero-order chi connectivity index (χ0) is 14.9. The van der Waals surface area contributed by atoms with E-state index in [1.165, 1.54) is 37.0 Å². The number of nitrogens with zero attached hydrogens (tertiary/aromatic N) is 1. The van der Waals surface area contributed by atoms with Crippen LogP contribution in [0.1, 0.15) is 35.4 Å². The molecular weight excluding hydrogens is 302 g/mol. The predicted octanol–water partition coefficient (Wildman–Crippen LogP) is 3.28. The number of aromatic nitrogens is 1. The van der Waals surface area contributed by atoms with Crippen LogP contribution < -0.4 is 11.1 Å². The number of nitrogen functional groups attached to an aromatic ring is 1. The first kappa shape index (κ1) is 14.7. The Kier molecular flexibility index (Phi) is 4.08. The van der Waals surface area contributed by atoms with Crippen LogP contribution in [0.25, 0.3) is 10.2 Å². The Bertz CT molecular complexity index is 662. The van der Waals surface area contributed by atoms with E-state index in [1.807, 2.05) is 23.9 Å². The number of thiophene rings is 1. The fourth-order valence-corrected chi connectivity index (χ4v) is 4.81. The van der Waals surface area contributed by atoms with Crippen LogP contribution in [0.2, 0.25) is 0 Å². The summed E-state index contributed by atoms with van der Waals surface area (Å²) < 4.78 is 0.208. The summed E-state index contributed by atoms with van der Waals surface area (Å²) in [5.41, 5.74) is 6.64. The Morgan fingerprint density at radius 3 is 2.95 bits per heavy atom. The largest absolute Gasteiger partial charge is 0.397 e. The molecule has 2 heterocycles. The number of thioether (sulfide) groups is 1. The molecule has 0 radical (unpaired) electrons. The number of carbonyl (C=O) groups excluding carboxylic acids is 1. The van der Waals surface area contributed by atoms with E-state index >= 15 is 0 Å². The second-order valence-corrected chi connectivity index (χ2v) is 7.75. The Balaban J connectivity index is 1.76. The van der Waals surface area contributed by atoms with Crippen LogP contribution in [0, 0.1) is 0 Å². The Hall–Kier alpha value is -1.27. The van der Waals surface area contributed by atoms with Gasteiger partial charge in [-0.2, -0.15) is 11.8 Å². The summed E-state index contributed by atoms with van der Waals surface area (Å²) in [5.74, 6) is -0.0733. The number of carbonyl (C=O) groups is 1. The van der Waals surface area contributed by atoms with Crippen LogP contribution in [-0.4, -0.2) is 28.4 Å². The maximum absolute atomic E-state index is 12.4. The molecule has 21 heavy (non-hydrogen) atoms. The minimum Gasteiger partial charge on any atom is -0.397 e. The number of anilines is 1. The number of hydrogen-bond acceptors (Lipinski definition) is 5. The molecule has 6 heteroatoms. The van der Waals surface area contributed by atoms with Crippen molar-refractivity contribution in [3.8, 4) is 0 Å². The zero-order valence-corrected chi connectivity index (χ0v) is 13.6. The molecule has 2 aromatic rings. The topological polar surface area (TPSA) is 68.0 Å². The van der Waals surface area contributed by atoms with Crippen molar-refractivity contribution < 1.29 is 4.79 Å². The van der Waals surface area contributed by atoms with Gasteiger partial charge < -0.3 is 11.1 Å². The summed E-state index contributed by atoms with van der Waals surface area (Å²) in [5, 5.41) is 3.95. The highest BCUT2D eigenvalue weighted by molar-refractivity contribution is 8.00. The molecule has 0 aromatic carbocycles. The van der Waals surface area contributed by atoms with E-state index in [1.54, 1.807) is 6.20 Å². The van der Waals surface area contributed by atoms with Crippen LogP contribution in [0.3, 0.4) is 0 Å². The van der Waals surface area contributed by atoms with Gasteiger partial charge in [0.25, 0.3) is 5.91 Å². The molecular formula is C15H19N3OS2. The monoisotopic (exact) mass is 321 g/mol. The van der Waals surface area contributed by atoms with Crippen molar-refractivity contribution in [3.05, 3.63) is 23.2 Å². The molecule has 0 saturated heterocycles. The average molecular weight is 321 g/mol. The summed E-state index contributed by atoms with van der Waals surface area (Å²) in [6.45, 7) is 0.716. The summed E-state index contributed by atoms with van der Waals surface area (Å²) in [6.07, 6.45) is 8.73. The number of rotatable bonds is 4. The van der Waals surface area contributed by atoms with Gasteiger partial charge in [-0.25, -0.2) is 4.98 Å². The van der Waals surface area contributed by atoms with Gasteiger partial charge in [0.05, 0.1) is 5.69 Å². The number of nitrogens with two attached hydrogens (primary N) is 1. The minimum absolute atomic E-state index is 0.0733. The molecule has 1 aliphatic rings. The van der Waals surface area contributed by atoms with Gasteiger partial charge in [-0.15, -0.1) is 11.3 Å². The molecule has 0 spiro atoms. The highest BCUT2D eigenvalue weighted by Crippen LogP contribution is 2.40. The molecule has 2 aromatic heterocycles. The van der Waals surface area contributed by atoms with Crippen molar-refractivity contribution in [2.75, 3.05) is 18.5 Å². The van der Waals surface area contributed by atoms with Crippen molar-refractivity contribution >= 4 is 44.9 Å². The Morgan fingerprint density at radius 2 is 2.29 bits per heavy atom. The fraction of sp³-hybridized carbons (Fsp3) is 0.467. The van der Waals surface area contributed by atoms with E-state index in [9.17, 15) is 4.79 Å². The van der Waals surface area contributed by atoms with Crippen molar-refractivity contribution in [3.63, 3.8) is 0 Å². The van der Waals surface area contributed by atoms with E-state index in [2.05, 4.69) is 16.6 Å². The highest BCUT2D eigenvalue weighted by Gasteiger charge is 2.33. The zero-order valence-electron chi connectivity index (χ0n) is 12.0. The lowest BCUT2D eigenvalue weighted by Crippen LogP contribution is -2.38. The lowest BCUT2D eigenvalue weighted by molar-refractivity contribution is 0.0954. The first-order valence-corrected chi connectivity index (χ1v) is 9.16. The quantitative estimate of drug-likeness (QED) is 0.907. The molecule has 112 valence electrons. The smallest absolute Gasteiger partial charge is 0.263 e. The van der Waals surface area contributed by atoms with E-state index < -0.39 is 0 Å². The molecule has 4 nitrogen and oxygen atoms in total. The summed E-state index contributed by atoms with van der Waals surface area (Å²) >= 11 is 3.24. The molecule has 1 aliphatic carbocycles. The first-order chi connectivity index (χ1) is 10.2. The maximum Gasteiger partial charge on any atom is 0.263 e. The van der Waals surface area contributed by atoms with E-state index in [0.717, 1.165) is 10.2 Å². The fourth-order valence-electron chi connectivity index (χ4n) is 2.91. The number of fused-ring (bicyclic) bond motifs is 1. The lowest BCUT2D eigenvalue weighted by Gasteiger charge is -2.26. The van der Waals surface area contributed by atoms with E-state index in [0.29, 0.717) is 17.1 Å². The molecule has 1 fully saturated rings. The third kappa shape index (κ3) is 2.74. The van der Waals surface area contributed by atoms with Crippen molar-refractivity contribution in [1.29, 1.82) is 0 Å². The molecule has 1 amide bonds. The third-order valence-corrected chi connectivity index (χ3v) is 6.78. The molecule has 0 unspecified atom stereocenters. The van der Waals surface area contributed by atoms with Gasteiger partial charge in [0.2, 0.25) is 0 Å². The van der Waals surface area contributed by atoms with Crippen molar-refractivity contribution in [2.24, 2.45) is 0 Å². The summed E-state index contributed by atoms with van der Waals surface area (Å²) in [6, 6.07) is 3.75. The van der Waals surface area contributed by atoms with Gasteiger partial charge in [0.15, 0.2) is 0 Å². The van der Waals surface area contributed by atoms with Crippen LogP contribution in [0.5, 0.6) is 0 Å². The van der Waals surface area contributed by atoms with Gasteiger partial charge in [-0.3, -0.25) is 4.79 Å². The molecule has 0 bridgehead atoms. The maximum atomic E-state index is 12.4. The molecule has 1 saturated carbocycles. The van der Waals surface area contributed by atoms with Gasteiger partial charge in [0.1, 0.15) is 9.71 Å². The lowest BCUT2D eigenvalue weighted by atomic mass is 10.1. The van der Waals surface area contributed by atoms with Gasteiger partial charge in [-0.1, -0.05) is 12.8 Å². The number of hydrogen-bond donors (Lipinski definition) is 2. The second-order valence-electron chi connectivity index (χ2n) is 5.48. The van der Waals surface area contributed by atoms with Crippen molar-refractivity contribution in [1.82, 2.24) is 10.3 Å². The van der Waals surface area contributed by atoms with Gasteiger partial charge in [0, 0.05) is 22.9 Å². The van der Waals surface area contributed by atoms with E-state index in [-0.39, 0.29) is 10.7 Å². The van der Waals surface area contributed by atoms with Crippen LogP contribution in [0.4, 0.5) is 5.69 Å². The standard InChI is InChI=1S/C15H19N3OS2/c1-20-15(6-2-3-7-15)9-18-13(19)12-11(16)10-5-4-8-17-14(10)21-12/h4-5,8H,2-3,6-7,9,16H2,1H3,(H,18,19). The van der Waals surface area contributed by atoms with Crippen molar-refractivity contribution in [2.45, 2.75) is 30.4 Å². The second kappa shape index (κ2) is 5.85. The molecule has 0 atom stereocenters. The third-order valence-electron chi connectivity index (χ3n) is 4.23. The molecule has 0 aliphatic heterocycles. The van der Waals surface area contributed by atoms with E-state index in [4.69, 9.17) is 5.73 Å². The Labute approximate surface area is 132 Å². The van der Waals surface area contributed by atoms with Gasteiger partial charge in [-0.05, 0) is 31.2 Å². The van der Waals surface area contributed by atoms with Crippen LogP contribution in [0.15, 0.2) is 18.3 Å². The SMILES string of the molecule is CSC1(CNC(=O)c2sc3ncccc3c2N)CCCC1. The number of pyridine rings is 1. The van der Waals surface area contributed by atoms with Gasteiger partial charge >= 0.3 is 0 Å². The number of amides is 1. The summed E-state index contributed by atoms with van der Waals surface area (Å²) in [7, 11) is 0. The summed E-state index contributed by atoms with van der Waals surface area (Å²) in [4.78, 5) is 18.1. The first-order valence-electron chi connectivity index (χ1n) is 7.11. The number of nitrogens with one attached hydrogen (secondary N) is 1. The normalized spacial score (nSPS) is 17.2. The van der Waals surface area contributed by atoms with Crippen LogP contribution in [-0.2, 0) is 0 Å². The Morgan fingerprint density at radius 1 is 1.52 bits per heavy atom. The molecule has 3 rings (SSSR count). The van der Waals surface area contributed by atoms with Crippen LogP contribution >= 0.6 is 23.1 Å². The average Bonchev–Trinajstić information content (AvgIpc) is 3.11.